The minimum atomic E-state index is -0.308. The fraction of sp³-hybridized carbons (Fsp3) is 0.500. The molecular weight excluding hydrogens is 268 g/mol. The van der Waals surface area contributed by atoms with Crippen molar-refractivity contribution in [3.63, 3.8) is 0 Å². The summed E-state index contributed by atoms with van der Waals surface area (Å²) >= 11 is 0. The first-order chi connectivity index (χ1) is 9.85. The van der Waals surface area contributed by atoms with Crippen LogP contribution in [0.1, 0.15) is 43.1 Å². The Bertz CT molecular complexity index is 512. The maximum atomic E-state index is 12.0. The van der Waals surface area contributed by atoms with E-state index in [1.807, 2.05) is 20.8 Å². The van der Waals surface area contributed by atoms with E-state index in [1.54, 1.807) is 18.2 Å². The SMILES string of the molecule is CC(=O)c1ccc(NC(=O)NC(CCO)C(C)C)cc1C. The zero-order valence-corrected chi connectivity index (χ0v) is 13.1. The van der Waals surface area contributed by atoms with Crippen LogP contribution >= 0.6 is 0 Å². The molecule has 0 aliphatic rings. The fourth-order valence-electron chi connectivity index (χ4n) is 2.18. The number of anilines is 1. The molecule has 116 valence electrons. The molecule has 0 aliphatic heterocycles. The van der Waals surface area contributed by atoms with E-state index in [0.717, 1.165) is 5.56 Å². The van der Waals surface area contributed by atoms with Crippen molar-refractivity contribution in [2.24, 2.45) is 5.92 Å². The summed E-state index contributed by atoms with van der Waals surface area (Å²) in [5.41, 5.74) is 2.12. The predicted octanol–water partition coefficient (Wildman–Crippen LogP) is 2.73. The van der Waals surface area contributed by atoms with Crippen molar-refractivity contribution in [2.45, 2.75) is 40.2 Å². The van der Waals surface area contributed by atoms with Gasteiger partial charge in [0.2, 0.25) is 0 Å². The summed E-state index contributed by atoms with van der Waals surface area (Å²) in [7, 11) is 0. The molecule has 1 aromatic carbocycles. The van der Waals surface area contributed by atoms with Crippen LogP contribution in [0.5, 0.6) is 0 Å². The Hall–Kier alpha value is -1.88. The number of aryl methyl sites for hydroxylation is 1. The molecule has 0 fully saturated rings. The number of aliphatic hydroxyl groups excluding tert-OH is 1. The zero-order valence-electron chi connectivity index (χ0n) is 13.1. The van der Waals surface area contributed by atoms with E-state index in [1.165, 1.54) is 6.92 Å². The van der Waals surface area contributed by atoms with Gasteiger partial charge in [-0.2, -0.15) is 0 Å². The highest BCUT2D eigenvalue weighted by Gasteiger charge is 2.15. The molecule has 0 spiro atoms. The van der Waals surface area contributed by atoms with Crippen molar-refractivity contribution in [1.29, 1.82) is 0 Å². The lowest BCUT2D eigenvalue weighted by molar-refractivity contribution is 0.101. The maximum Gasteiger partial charge on any atom is 0.319 e. The smallest absolute Gasteiger partial charge is 0.319 e. The molecule has 21 heavy (non-hydrogen) atoms. The van der Waals surface area contributed by atoms with Crippen LogP contribution in [0.15, 0.2) is 18.2 Å². The van der Waals surface area contributed by atoms with Crippen molar-refractivity contribution >= 4 is 17.5 Å². The van der Waals surface area contributed by atoms with E-state index in [0.29, 0.717) is 17.7 Å². The number of hydrogen-bond acceptors (Lipinski definition) is 3. The Labute approximate surface area is 125 Å². The predicted molar refractivity (Wildman–Crippen MR) is 83.7 cm³/mol. The van der Waals surface area contributed by atoms with Gasteiger partial charge in [0.1, 0.15) is 0 Å². The molecule has 1 rings (SSSR count). The van der Waals surface area contributed by atoms with Crippen molar-refractivity contribution in [1.82, 2.24) is 5.32 Å². The maximum absolute atomic E-state index is 12.0. The van der Waals surface area contributed by atoms with Crippen LogP contribution in [0.3, 0.4) is 0 Å². The molecule has 0 aromatic heterocycles. The molecule has 0 heterocycles. The van der Waals surface area contributed by atoms with Gasteiger partial charge in [-0.25, -0.2) is 4.79 Å². The number of Topliss-reactive ketones (excluding diaryl/α,β-unsaturated/α-hetero) is 1. The molecule has 3 N–H and O–H groups in total. The summed E-state index contributed by atoms with van der Waals surface area (Å²) in [5, 5.41) is 14.6. The molecule has 0 saturated carbocycles. The molecule has 0 saturated heterocycles. The van der Waals surface area contributed by atoms with Crippen LogP contribution < -0.4 is 10.6 Å². The number of ketones is 1. The largest absolute Gasteiger partial charge is 0.396 e. The summed E-state index contributed by atoms with van der Waals surface area (Å²) < 4.78 is 0. The summed E-state index contributed by atoms with van der Waals surface area (Å²) in [6.07, 6.45) is 0.521. The second-order valence-corrected chi connectivity index (χ2v) is 5.55. The van der Waals surface area contributed by atoms with Crippen LogP contribution in [-0.2, 0) is 0 Å². The molecule has 1 unspecified atom stereocenters. The van der Waals surface area contributed by atoms with Gasteiger partial charge in [0.25, 0.3) is 0 Å². The number of hydrogen-bond donors (Lipinski definition) is 3. The lowest BCUT2D eigenvalue weighted by Crippen LogP contribution is -2.41. The average molecular weight is 292 g/mol. The van der Waals surface area contributed by atoms with E-state index in [9.17, 15) is 9.59 Å². The highest BCUT2D eigenvalue weighted by molar-refractivity contribution is 5.96. The van der Waals surface area contributed by atoms with Gasteiger partial charge in [-0.3, -0.25) is 4.79 Å². The summed E-state index contributed by atoms with van der Waals surface area (Å²) in [6, 6.07) is 4.80. The first-order valence-corrected chi connectivity index (χ1v) is 7.15. The average Bonchev–Trinajstić information content (AvgIpc) is 2.37. The molecule has 0 aliphatic carbocycles. The lowest BCUT2D eigenvalue weighted by atomic mass is 10.0. The summed E-state index contributed by atoms with van der Waals surface area (Å²) in [4.78, 5) is 23.3. The van der Waals surface area contributed by atoms with Crippen LogP contribution in [-0.4, -0.2) is 29.6 Å². The second-order valence-electron chi connectivity index (χ2n) is 5.55. The molecular formula is C16H24N2O3. The van der Waals surface area contributed by atoms with Crippen LogP contribution in [0.2, 0.25) is 0 Å². The third kappa shape index (κ3) is 5.19. The number of urea groups is 1. The molecule has 1 atom stereocenters. The van der Waals surface area contributed by atoms with Crippen LogP contribution in [0, 0.1) is 12.8 Å². The molecule has 0 radical (unpaired) electrons. The summed E-state index contributed by atoms with van der Waals surface area (Å²) in [6.45, 7) is 7.38. The van der Waals surface area contributed by atoms with Crippen molar-refractivity contribution < 1.29 is 14.7 Å². The molecule has 0 bridgehead atoms. The normalized spacial score (nSPS) is 12.1. The number of carbonyl (C=O) groups excluding carboxylic acids is 2. The quantitative estimate of drug-likeness (QED) is 0.705. The van der Waals surface area contributed by atoms with Crippen molar-refractivity contribution in [3.8, 4) is 0 Å². The number of amides is 2. The lowest BCUT2D eigenvalue weighted by Gasteiger charge is -2.21. The molecule has 1 aromatic rings. The van der Waals surface area contributed by atoms with Gasteiger partial charge in [0.15, 0.2) is 5.78 Å². The van der Waals surface area contributed by atoms with Crippen molar-refractivity contribution in [2.75, 3.05) is 11.9 Å². The van der Waals surface area contributed by atoms with E-state index >= 15 is 0 Å². The highest BCUT2D eigenvalue weighted by Crippen LogP contribution is 2.16. The summed E-state index contributed by atoms with van der Waals surface area (Å²) in [5.74, 6) is 0.246. The van der Waals surface area contributed by atoms with Gasteiger partial charge in [0, 0.05) is 23.9 Å². The van der Waals surface area contributed by atoms with Gasteiger partial charge >= 0.3 is 6.03 Å². The van der Waals surface area contributed by atoms with Crippen LogP contribution in [0.25, 0.3) is 0 Å². The number of benzene rings is 1. The fourth-order valence-corrected chi connectivity index (χ4v) is 2.18. The molecule has 5 nitrogen and oxygen atoms in total. The number of aliphatic hydroxyl groups is 1. The van der Waals surface area contributed by atoms with Crippen molar-refractivity contribution in [3.05, 3.63) is 29.3 Å². The Balaban J connectivity index is 2.70. The molecule has 2 amide bonds. The first kappa shape index (κ1) is 17.2. The Morgan fingerprint density at radius 2 is 1.95 bits per heavy atom. The van der Waals surface area contributed by atoms with E-state index in [-0.39, 0.29) is 30.4 Å². The second kappa shape index (κ2) is 7.78. The van der Waals surface area contributed by atoms with Gasteiger partial charge in [-0.15, -0.1) is 0 Å². The highest BCUT2D eigenvalue weighted by atomic mass is 16.3. The Morgan fingerprint density at radius 3 is 2.43 bits per heavy atom. The van der Waals surface area contributed by atoms with E-state index in [2.05, 4.69) is 10.6 Å². The standard InChI is InChI=1S/C16H24N2O3/c1-10(2)15(7-8-19)18-16(21)17-13-5-6-14(12(4)20)11(3)9-13/h5-6,9-10,15,19H,7-8H2,1-4H3,(H2,17,18,21). The third-order valence-electron chi connectivity index (χ3n) is 3.42. The van der Waals surface area contributed by atoms with Gasteiger partial charge in [-0.1, -0.05) is 13.8 Å². The topological polar surface area (TPSA) is 78.4 Å². The Morgan fingerprint density at radius 1 is 1.29 bits per heavy atom. The van der Waals surface area contributed by atoms with Gasteiger partial charge < -0.3 is 15.7 Å². The van der Waals surface area contributed by atoms with Gasteiger partial charge in [0.05, 0.1) is 0 Å². The number of nitrogens with one attached hydrogen (secondary N) is 2. The first-order valence-electron chi connectivity index (χ1n) is 7.15. The Kier molecular flexibility index (Phi) is 6.37. The molecule has 5 heteroatoms. The van der Waals surface area contributed by atoms with E-state index < -0.39 is 0 Å². The minimum Gasteiger partial charge on any atom is -0.396 e. The number of carbonyl (C=O) groups is 2. The third-order valence-corrected chi connectivity index (χ3v) is 3.42. The van der Waals surface area contributed by atoms with Crippen LogP contribution in [0.4, 0.5) is 10.5 Å². The van der Waals surface area contributed by atoms with E-state index in [4.69, 9.17) is 5.11 Å². The minimum absolute atomic E-state index is 0.00585. The zero-order chi connectivity index (χ0) is 16.0. The van der Waals surface area contributed by atoms with Gasteiger partial charge in [-0.05, 0) is 49.9 Å². The monoisotopic (exact) mass is 292 g/mol. The number of rotatable bonds is 6.